The number of rotatable bonds is 3. The van der Waals surface area contributed by atoms with Crippen LogP contribution in [-0.4, -0.2) is 20.4 Å². The van der Waals surface area contributed by atoms with Crippen LogP contribution in [0.2, 0.25) is 0 Å². The van der Waals surface area contributed by atoms with Crippen LogP contribution in [0.4, 0.5) is 4.39 Å². The van der Waals surface area contributed by atoms with E-state index >= 15 is 0 Å². The van der Waals surface area contributed by atoms with Crippen LogP contribution in [0.25, 0.3) is 0 Å². The molecule has 0 radical (unpaired) electrons. The molecule has 0 bridgehead atoms. The molecule has 0 aliphatic rings. The molecule has 0 aromatic heterocycles. The Morgan fingerprint density at radius 1 is 1.47 bits per heavy atom. The summed E-state index contributed by atoms with van der Waals surface area (Å²) in [5, 5.41) is 0. The fraction of sp³-hybridized carbons (Fsp3) is 0.273. The highest BCUT2D eigenvalue weighted by Crippen LogP contribution is 2.15. The molecule has 0 amide bonds. The smallest absolute Gasteiger partial charge is 0.188 e. The van der Waals surface area contributed by atoms with Gasteiger partial charge < -0.3 is 15.2 Å². The van der Waals surface area contributed by atoms with Crippen LogP contribution in [0.3, 0.4) is 0 Å². The monoisotopic (exact) mass is 209 g/mol. The first-order valence-corrected chi connectivity index (χ1v) is 4.38. The average molecular weight is 209 g/mol. The predicted molar refractivity (Wildman–Crippen MR) is 54.8 cm³/mol. The SMILES string of the molecule is COCOc1ccc(C#CCN)c(F)c1. The quantitative estimate of drug-likeness (QED) is 0.599. The molecule has 0 unspecified atom stereocenters. The molecular formula is C11H12FNO2. The highest BCUT2D eigenvalue weighted by atomic mass is 19.1. The Hall–Kier alpha value is -1.57. The Morgan fingerprint density at radius 3 is 2.87 bits per heavy atom. The van der Waals surface area contributed by atoms with Crippen molar-refractivity contribution in [3.63, 3.8) is 0 Å². The first-order valence-electron chi connectivity index (χ1n) is 4.38. The van der Waals surface area contributed by atoms with Crippen molar-refractivity contribution in [1.29, 1.82) is 0 Å². The number of methoxy groups -OCH3 is 1. The number of nitrogens with two attached hydrogens (primary N) is 1. The molecular weight excluding hydrogens is 197 g/mol. The molecule has 0 heterocycles. The van der Waals surface area contributed by atoms with Gasteiger partial charge >= 0.3 is 0 Å². The Labute approximate surface area is 88.0 Å². The highest BCUT2D eigenvalue weighted by molar-refractivity contribution is 5.39. The lowest BCUT2D eigenvalue weighted by molar-refractivity contribution is 0.0509. The van der Waals surface area contributed by atoms with Gasteiger partial charge in [0.2, 0.25) is 0 Å². The molecule has 1 rings (SSSR count). The van der Waals surface area contributed by atoms with Crippen molar-refractivity contribution in [3.8, 4) is 17.6 Å². The minimum absolute atomic E-state index is 0.0905. The van der Waals surface area contributed by atoms with Crippen molar-refractivity contribution >= 4 is 0 Å². The summed E-state index contributed by atoms with van der Waals surface area (Å²) in [4.78, 5) is 0. The topological polar surface area (TPSA) is 44.5 Å². The van der Waals surface area contributed by atoms with Gasteiger partial charge in [-0.25, -0.2) is 4.39 Å². The van der Waals surface area contributed by atoms with Crippen LogP contribution in [0.15, 0.2) is 18.2 Å². The lowest BCUT2D eigenvalue weighted by Crippen LogP contribution is -1.99. The normalized spacial score (nSPS) is 9.27. The van der Waals surface area contributed by atoms with Crippen molar-refractivity contribution in [2.45, 2.75) is 0 Å². The van der Waals surface area contributed by atoms with Gasteiger partial charge in [-0.05, 0) is 12.1 Å². The summed E-state index contributed by atoms with van der Waals surface area (Å²) < 4.78 is 23.1. The Balaban J connectivity index is 2.78. The summed E-state index contributed by atoms with van der Waals surface area (Å²) in [5.74, 6) is 5.18. The van der Waals surface area contributed by atoms with Crippen LogP contribution >= 0.6 is 0 Å². The second-order valence-electron chi connectivity index (χ2n) is 2.70. The molecule has 2 N–H and O–H groups in total. The first kappa shape index (κ1) is 11.5. The van der Waals surface area contributed by atoms with Gasteiger partial charge in [-0.1, -0.05) is 11.8 Å². The lowest BCUT2D eigenvalue weighted by Gasteiger charge is -2.04. The van der Waals surface area contributed by atoms with Crippen LogP contribution in [0.5, 0.6) is 5.75 Å². The maximum Gasteiger partial charge on any atom is 0.188 e. The average Bonchev–Trinajstić information content (AvgIpc) is 2.25. The molecule has 1 aromatic carbocycles. The van der Waals surface area contributed by atoms with Crippen molar-refractivity contribution in [3.05, 3.63) is 29.6 Å². The summed E-state index contributed by atoms with van der Waals surface area (Å²) in [5.41, 5.74) is 5.50. The number of hydrogen-bond donors (Lipinski definition) is 1. The molecule has 0 spiro atoms. The third-order valence-electron chi connectivity index (χ3n) is 1.61. The van der Waals surface area contributed by atoms with E-state index in [0.29, 0.717) is 11.3 Å². The molecule has 0 saturated carbocycles. The fourth-order valence-electron chi connectivity index (χ4n) is 0.960. The van der Waals surface area contributed by atoms with E-state index in [2.05, 4.69) is 11.8 Å². The standard InChI is InChI=1S/C11H12FNO2/c1-14-8-15-10-5-4-9(3-2-6-13)11(12)7-10/h4-5,7H,6,8,13H2,1H3. The van der Waals surface area contributed by atoms with Crippen LogP contribution in [-0.2, 0) is 4.74 Å². The Morgan fingerprint density at radius 2 is 2.27 bits per heavy atom. The van der Waals surface area contributed by atoms with Crippen LogP contribution in [0, 0.1) is 17.7 Å². The number of benzene rings is 1. The van der Waals surface area contributed by atoms with Gasteiger partial charge in [0.05, 0.1) is 12.1 Å². The largest absolute Gasteiger partial charge is 0.467 e. The van der Waals surface area contributed by atoms with E-state index in [0.717, 1.165) is 0 Å². The summed E-state index contributed by atoms with van der Waals surface area (Å²) >= 11 is 0. The van der Waals surface area contributed by atoms with Crippen molar-refractivity contribution in [2.75, 3.05) is 20.4 Å². The minimum Gasteiger partial charge on any atom is -0.467 e. The summed E-state index contributed by atoms with van der Waals surface area (Å²) in [6.07, 6.45) is 0. The predicted octanol–water partition coefficient (Wildman–Crippen LogP) is 1.12. The van der Waals surface area contributed by atoms with Crippen molar-refractivity contribution in [2.24, 2.45) is 5.73 Å². The van der Waals surface area contributed by atoms with Gasteiger partial charge in [0, 0.05) is 13.2 Å². The number of ether oxygens (including phenoxy) is 2. The van der Waals surface area contributed by atoms with E-state index in [1.54, 1.807) is 12.1 Å². The van der Waals surface area contributed by atoms with E-state index in [1.165, 1.54) is 13.2 Å². The summed E-state index contributed by atoms with van der Waals surface area (Å²) in [6, 6.07) is 4.44. The number of hydrogen-bond acceptors (Lipinski definition) is 3. The highest BCUT2D eigenvalue weighted by Gasteiger charge is 2.01. The maximum atomic E-state index is 13.3. The Kier molecular flexibility index (Phi) is 4.61. The lowest BCUT2D eigenvalue weighted by atomic mass is 10.2. The maximum absolute atomic E-state index is 13.3. The fourth-order valence-corrected chi connectivity index (χ4v) is 0.960. The van der Waals surface area contributed by atoms with E-state index in [1.807, 2.05) is 0 Å². The summed E-state index contributed by atoms with van der Waals surface area (Å²) in [6.45, 7) is 0.300. The van der Waals surface area contributed by atoms with Crippen molar-refractivity contribution < 1.29 is 13.9 Å². The zero-order valence-electron chi connectivity index (χ0n) is 8.42. The molecule has 80 valence electrons. The Bertz CT molecular complexity index is 382. The summed E-state index contributed by atoms with van der Waals surface area (Å²) in [7, 11) is 1.50. The van der Waals surface area contributed by atoms with E-state index in [4.69, 9.17) is 15.2 Å². The minimum atomic E-state index is -0.426. The van der Waals surface area contributed by atoms with Gasteiger partial charge in [0.1, 0.15) is 11.6 Å². The van der Waals surface area contributed by atoms with Crippen LogP contribution in [0.1, 0.15) is 5.56 Å². The zero-order chi connectivity index (χ0) is 11.1. The molecule has 1 aromatic rings. The molecule has 3 nitrogen and oxygen atoms in total. The molecule has 0 aliphatic heterocycles. The van der Waals surface area contributed by atoms with Crippen molar-refractivity contribution in [1.82, 2.24) is 0 Å². The first-order chi connectivity index (χ1) is 7.27. The number of halogens is 1. The van der Waals surface area contributed by atoms with E-state index in [9.17, 15) is 4.39 Å². The molecule has 0 fully saturated rings. The second-order valence-corrected chi connectivity index (χ2v) is 2.70. The molecule has 4 heteroatoms. The third kappa shape index (κ3) is 3.58. The van der Waals surface area contributed by atoms with Gasteiger partial charge in [-0.15, -0.1) is 0 Å². The zero-order valence-corrected chi connectivity index (χ0v) is 8.42. The van der Waals surface area contributed by atoms with Gasteiger partial charge in [-0.2, -0.15) is 0 Å². The van der Waals surface area contributed by atoms with Gasteiger partial charge in [-0.3, -0.25) is 0 Å². The molecule has 15 heavy (non-hydrogen) atoms. The second kappa shape index (κ2) is 6.02. The van der Waals surface area contributed by atoms with Gasteiger partial charge in [0.15, 0.2) is 6.79 Å². The molecule has 0 aliphatic carbocycles. The van der Waals surface area contributed by atoms with Gasteiger partial charge in [0.25, 0.3) is 0 Å². The molecule has 0 atom stereocenters. The van der Waals surface area contributed by atoms with E-state index in [-0.39, 0.29) is 13.3 Å². The van der Waals surface area contributed by atoms with Crippen LogP contribution < -0.4 is 10.5 Å². The molecule has 0 saturated heterocycles. The third-order valence-corrected chi connectivity index (χ3v) is 1.61. The van der Waals surface area contributed by atoms with E-state index < -0.39 is 5.82 Å².